The molecule has 0 spiro atoms. The summed E-state index contributed by atoms with van der Waals surface area (Å²) in [6.45, 7) is 7.40. The first-order chi connectivity index (χ1) is 5.08. The van der Waals surface area contributed by atoms with Crippen LogP contribution in [0.15, 0.2) is 12.7 Å². The van der Waals surface area contributed by atoms with Gasteiger partial charge in [-0.05, 0) is 13.8 Å². The van der Waals surface area contributed by atoms with Crippen LogP contribution in [0.25, 0.3) is 0 Å². The molecular weight excluding hydrogens is 144 g/mol. The molecule has 0 amide bonds. The zero-order valence-corrected chi connectivity index (χ0v) is 6.79. The standard InChI is InChI=1S/C8H12O3/c1-4-5-10-7(9)6-8(2,3)11-6/h4,6H,1,5H2,2-3H3. The van der Waals surface area contributed by atoms with Gasteiger partial charge in [-0.2, -0.15) is 0 Å². The zero-order valence-electron chi connectivity index (χ0n) is 6.79. The molecule has 0 aromatic heterocycles. The normalized spacial score (nSPS) is 25.8. The molecule has 0 aromatic rings. The number of carbonyl (C=O) groups excluding carboxylic acids is 1. The Bertz CT molecular complexity index is 184. The van der Waals surface area contributed by atoms with E-state index < -0.39 is 0 Å². The first-order valence-electron chi connectivity index (χ1n) is 3.53. The summed E-state index contributed by atoms with van der Waals surface area (Å²) in [6, 6.07) is 0. The van der Waals surface area contributed by atoms with Crippen LogP contribution in [0, 0.1) is 0 Å². The average Bonchev–Trinajstić information content (AvgIpc) is 2.55. The van der Waals surface area contributed by atoms with Crippen LogP contribution in [0.4, 0.5) is 0 Å². The van der Waals surface area contributed by atoms with E-state index >= 15 is 0 Å². The molecular formula is C8H12O3. The number of epoxide rings is 1. The predicted octanol–water partition coefficient (Wildman–Crippen LogP) is 0.893. The number of hydrogen-bond donors (Lipinski definition) is 0. The maximum Gasteiger partial charge on any atom is 0.338 e. The van der Waals surface area contributed by atoms with Crippen molar-refractivity contribution in [2.45, 2.75) is 25.6 Å². The van der Waals surface area contributed by atoms with E-state index in [1.54, 1.807) is 0 Å². The summed E-state index contributed by atoms with van der Waals surface area (Å²) in [6.07, 6.45) is 1.16. The fourth-order valence-corrected chi connectivity index (χ4v) is 0.818. The third kappa shape index (κ3) is 1.80. The van der Waals surface area contributed by atoms with E-state index in [-0.39, 0.29) is 24.3 Å². The molecule has 1 heterocycles. The number of carbonyl (C=O) groups is 1. The summed E-state index contributed by atoms with van der Waals surface area (Å²) < 4.78 is 9.82. The van der Waals surface area contributed by atoms with Gasteiger partial charge < -0.3 is 9.47 Å². The van der Waals surface area contributed by atoms with Gasteiger partial charge in [0, 0.05) is 0 Å². The molecule has 0 bridgehead atoms. The smallest absolute Gasteiger partial charge is 0.338 e. The van der Waals surface area contributed by atoms with Crippen molar-refractivity contribution in [3.63, 3.8) is 0 Å². The molecule has 1 unspecified atom stereocenters. The molecule has 1 atom stereocenters. The lowest BCUT2D eigenvalue weighted by atomic mass is 10.1. The summed E-state index contributed by atoms with van der Waals surface area (Å²) >= 11 is 0. The van der Waals surface area contributed by atoms with Crippen molar-refractivity contribution in [2.75, 3.05) is 6.61 Å². The second-order valence-corrected chi connectivity index (χ2v) is 3.02. The summed E-state index contributed by atoms with van der Waals surface area (Å²) in [5.74, 6) is -0.296. The van der Waals surface area contributed by atoms with Gasteiger partial charge in [0.05, 0.1) is 0 Å². The van der Waals surface area contributed by atoms with Crippen LogP contribution < -0.4 is 0 Å². The maximum absolute atomic E-state index is 11.0. The Balaban J connectivity index is 2.28. The second-order valence-electron chi connectivity index (χ2n) is 3.02. The third-order valence-corrected chi connectivity index (χ3v) is 1.55. The minimum Gasteiger partial charge on any atom is -0.459 e. The summed E-state index contributed by atoms with van der Waals surface area (Å²) in [4.78, 5) is 11.0. The van der Waals surface area contributed by atoms with Crippen molar-refractivity contribution in [2.24, 2.45) is 0 Å². The first-order valence-corrected chi connectivity index (χ1v) is 3.53. The van der Waals surface area contributed by atoms with Crippen LogP contribution in [0.1, 0.15) is 13.8 Å². The molecule has 0 radical (unpaired) electrons. The van der Waals surface area contributed by atoms with Crippen molar-refractivity contribution >= 4 is 5.97 Å². The van der Waals surface area contributed by atoms with Crippen molar-refractivity contribution < 1.29 is 14.3 Å². The summed E-state index contributed by atoms with van der Waals surface area (Å²) in [5, 5.41) is 0. The molecule has 3 heteroatoms. The van der Waals surface area contributed by atoms with Crippen LogP contribution >= 0.6 is 0 Å². The van der Waals surface area contributed by atoms with Crippen LogP contribution in [0.2, 0.25) is 0 Å². The van der Waals surface area contributed by atoms with E-state index in [0.29, 0.717) is 0 Å². The molecule has 1 rings (SSSR count). The molecule has 0 aromatic carbocycles. The Morgan fingerprint density at radius 1 is 1.82 bits per heavy atom. The lowest BCUT2D eigenvalue weighted by Crippen LogP contribution is -2.17. The SMILES string of the molecule is C=CCOC(=O)C1OC1(C)C. The summed E-state index contributed by atoms with van der Waals surface area (Å²) in [5.41, 5.74) is -0.321. The van der Waals surface area contributed by atoms with Gasteiger partial charge in [-0.3, -0.25) is 0 Å². The Labute approximate surface area is 66.0 Å². The number of ether oxygens (including phenoxy) is 2. The monoisotopic (exact) mass is 156 g/mol. The molecule has 11 heavy (non-hydrogen) atoms. The first kappa shape index (κ1) is 8.27. The second kappa shape index (κ2) is 2.66. The van der Waals surface area contributed by atoms with Gasteiger partial charge >= 0.3 is 5.97 Å². The van der Waals surface area contributed by atoms with Gasteiger partial charge in [0.25, 0.3) is 0 Å². The van der Waals surface area contributed by atoms with E-state index in [1.165, 1.54) is 6.08 Å². The van der Waals surface area contributed by atoms with Gasteiger partial charge in [-0.15, -0.1) is 0 Å². The number of hydrogen-bond acceptors (Lipinski definition) is 3. The van der Waals surface area contributed by atoms with E-state index in [9.17, 15) is 4.79 Å². The Hall–Kier alpha value is -0.830. The van der Waals surface area contributed by atoms with Gasteiger partial charge in [0.15, 0.2) is 6.10 Å². The van der Waals surface area contributed by atoms with E-state index in [4.69, 9.17) is 9.47 Å². The van der Waals surface area contributed by atoms with Gasteiger partial charge in [0.1, 0.15) is 12.2 Å². The highest BCUT2D eigenvalue weighted by Crippen LogP contribution is 2.35. The molecule has 0 N–H and O–H groups in total. The lowest BCUT2D eigenvalue weighted by Gasteiger charge is -1.97. The van der Waals surface area contributed by atoms with E-state index in [1.807, 2.05) is 13.8 Å². The van der Waals surface area contributed by atoms with Gasteiger partial charge in [-0.1, -0.05) is 12.7 Å². The molecule has 62 valence electrons. The molecule has 1 aliphatic heterocycles. The third-order valence-electron chi connectivity index (χ3n) is 1.55. The highest BCUT2D eigenvalue weighted by molar-refractivity contribution is 5.79. The largest absolute Gasteiger partial charge is 0.459 e. The average molecular weight is 156 g/mol. The van der Waals surface area contributed by atoms with E-state index in [0.717, 1.165) is 0 Å². The molecule has 1 fully saturated rings. The minimum atomic E-state index is -0.373. The topological polar surface area (TPSA) is 38.8 Å². The van der Waals surface area contributed by atoms with Crippen molar-refractivity contribution in [3.05, 3.63) is 12.7 Å². The molecule has 1 saturated heterocycles. The molecule has 0 aliphatic carbocycles. The van der Waals surface area contributed by atoms with Crippen LogP contribution in [0.5, 0.6) is 0 Å². The van der Waals surface area contributed by atoms with Gasteiger partial charge in [0.2, 0.25) is 0 Å². The molecule has 0 saturated carbocycles. The number of rotatable bonds is 3. The van der Waals surface area contributed by atoms with Crippen molar-refractivity contribution in [1.82, 2.24) is 0 Å². The quantitative estimate of drug-likeness (QED) is 0.346. The van der Waals surface area contributed by atoms with E-state index in [2.05, 4.69) is 6.58 Å². The zero-order chi connectivity index (χ0) is 8.48. The summed E-state index contributed by atoms with van der Waals surface area (Å²) in [7, 11) is 0. The fraction of sp³-hybridized carbons (Fsp3) is 0.625. The van der Waals surface area contributed by atoms with Crippen LogP contribution in [-0.4, -0.2) is 24.3 Å². The lowest BCUT2D eigenvalue weighted by molar-refractivity contribution is -0.143. The molecule has 1 aliphatic rings. The Morgan fingerprint density at radius 3 is 2.73 bits per heavy atom. The fourth-order valence-electron chi connectivity index (χ4n) is 0.818. The minimum absolute atomic E-state index is 0.259. The highest BCUT2D eigenvalue weighted by Gasteiger charge is 2.54. The predicted molar refractivity (Wildman–Crippen MR) is 40.1 cm³/mol. The van der Waals surface area contributed by atoms with Crippen molar-refractivity contribution in [1.29, 1.82) is 0 Å². The maximum atomic E-state index is 11.0. The van der Waals surface area contributed by atoms with Crippen LogP contribution in [0.3, 0.4) is 0 Å². The Kier molecular flexibility index (Phi) is 2.00. The molecule has 3 nitrogen and oxygen atoms in total. The van der Waals surface area contributed by atoms with Crippen molar-refractivity contribution in [3.8, 4) is 0 Å². The van der Waals surface area contributed by atoms with Crippen LogP contribution in [-0.2, 0) is 14.3 Å². The number of esters is 1. The highest BCUT2D eigenvalue weighted by atomic mass is 16.7. The Morgan fingerprint density at radius 2 is 2.36 bits per heavy atom. The van der Waals surface area contributed by atoms with Gasteiger partial charge in [-0.25, -0.2) is 4.79 Å².